The van der Waals surface area contributed by atoms with Gasteiger partial charge in [-0.2, -0.15) is 0 Å². The number of carbonyl (C=O) groups is 2. The second-order valence-electron chi connectivity index (χ2n) is 8.07. The largest absolute Gasteiger partial charge is 0.444 e. The highest BCUT2D eigenvalue weighted by atomic mass is 16.7. The third-order valence-electron chi connectivity index (χ3n) is 4.01. The molecular formula is C19H38N6O5. The number of rotatable bonds is 14. The van der Waals surface area contributed by atoms with Gasteiger partial charge in [-0.3, -0.25) is 10.2 Å². The van der Waals surface area contributed by atoms with Crippen molar-refractivity contribution in [2.24, 2.45) is 0 Å². The summed E-state index contributed by atoms with van der Waals surface area (Å²) in [5, 5.41) is 24.7. The molecule has 0 rings (SSSR count). The summed E-state index contributed by atoms with van der Waals surface area (Å²) in [6, 6.07) is -0.792. The van der Waals surface area contributed by atoms with E-state index in [0.717, 1.165) is 19.3 Å². The fraction of sp³-hybridized carbons (Fsp3) is 0.842. The van der Waals surface area contributed by atoms with E-state index < -0.39 is 28.7 Å². The van der Waals surface area contributed by atoms with E-state index in [1.165, 1.54) is 19.3 Å². The van der Waals surface area contributed by atoms with Crippen LogP contribution in [0.3, 0.4) is 0 Å². The van der Waals surface area contributed by atoms with Crippen molar-refractivity contribution in [1.29, 1.82) is 5.41 Å². The van der Waals surface area contributed by atoms with Crippen molar-refractivity contribution < 1.29 is 19.4 Å². The van der Waals surface area contributed by atoms with Crippen LogP contribution in [0, 0.1) is 15.5 Å². The lowest BCUT2D eigenvalue weighted by atomic mass is 10.1. The minimum atomic E-state index is -0.835. The molecule has 0 saturated carbocycles. The lowest BCUT2D eigenvalue weighted by molar-refractivity contribution is -0.525. The van der Waals surface area contributed by atoms with Crippen LogP contribution in [-0.4, -0.2) is 47.7 Å². The molecule has 0 aliphatic carbocycles. The quantitative estimate of drug-likeness (QED) is 0.0930. The molecule has 0 fully saturated rings. The molecule has 0 radical (unpaired) electrons. The van der Waals surface area contributed by atoms with Crippen LogP contribution in [0.5, 0.6) is 0 Å². The summed E-state index contributed by atoms with van der Waals surface area (Å²) in [6.07, 6.45) is 6.67. The predicted octanol–water partition coefficient (Wildman–Crippen LogP) is 2.44. The molecule has 5 N–H and O–H groups in total. The fourth-order valence-corrected chi connectivity index (χ4v) is 2.61. The van der Waals surface area contributed by atoms with E-state index in [-0.39, 0.29) is 12.5 Å². The molecule has 11 heteroatoms. The van der Waals surface area contributed by atoms with Crippen molar-refractivity contribution in [1.82, 2.24) is 21.4 Å². The first-order valence-corrected chi connectivity index (χ1v) is 10.6. The number of nitrogens with one attached hydrogen (secondary N) is 5. The number of guanidine groups is 1. The normalized spacial score (nSPS) is 11.9. The molecule has 2 amide bonds. The van der Waals surface area contributed by atoms with Crippen molar-refractivity contribution in [3.63, 3.8) is 0 Å². The third kappa shape index (κ3) is 16.4. The minimum absolute atomic E-state index is 0.233. The molecule has 0 aromatic heterocycles. The first kappa shape index (κ1) is 27.4. The average Bonchev–Trinajstić information content (AvgIpc) is 2.61. The maximum atomic E-state index is 12.5. The number of hydrogen-bond acceptors (Lipinski definition) is 6. The topological polar surface area (TPSA) is 158 Å². The van der Waals surface area contributed by atoms with Gasteiger partial charge in [0.25, 0.3) is 5.96 Å². The van der Waals surface area contributed by atoms with Crippen molar-refractivity contribution in [3.05, 3.63) is 10.1 Å². The second-order valence-corrected chi connectivity index (χ2v) is 8.07. The standard InChI is InChI=1S/C19H38N6O5/c1-5-6-7-8-9-10-13-21-16(26)15(23-18(27)30-19(2,3)4)12-11-14-22-17(20)24-25(28)29/h15H,5-14H2,1-4H3,(H,21,26)(H,23,27)(H3,20,22,24)/t15-/m0/s1. The maximum Gasteiger partial charge on any atom is 0.408 e. The van der Waals surface area contributed by atoms with Crippen LogP contribution < -0.4 is 21.4 Å². The Kier molecular flexibility index (Phi) is 14.0. The number of unbranched alkanes of at least 4 members (excludes halogenated alkanes) is 5. The van der Waals surface area contributed by atoms with Gasteiger partial charge >= 0.3 is 6.09 Å². The number of amides is 2. The first-order valence-electron chi connectivity index (χ1n) is 10.6. The van der Waals surface area contributed by atoms with Gasteiger partial charge in [-0.1, -0.05) is 44.5 Å². The molecule has 0 aromatic carbocycles. The zero-order valence-corrected chi connectivity index (χ0v) is 18.6. The summed E-state index contributed by atoms with van der Waals surface area (Å²) in [6.45, 7) is 8.13. The van der Waals surface area contributed by atoms with Crippen LogP contribution in [0.4, 0.5) is 4.79 Å². The molecule has 11 nitrogen and oxygen atoms in total. The predicted molar refractivity (Wildman–Crippen MR) is 115 cm³/mol. The van der Waals surface area contributed by atoms with E-state index >= 15 is 0 Å². The number of nitrogens with zero attached hydrogens (tertiary/aromatic N) is 1. The lowest BCUT2D eigenvalue weighted by Gasteiger charge is -2.23. The summed E-state index contributed by atoms with van der Waals surface area (Å²) < 4.78 is 5.22. The zero-order valence-electron chi connectivity index (χ0n) is 18.6. The average molecular weight is 431 g/mol. The van der Waals surface area contributed by atoms with E-state index in [2.05, 4.69) is 22.9 Å². The van der Waals surface area contributed by atoms with Gasteiger partial charge < -0.3 is 20.7 Å². The maximum absolute atomic E-state index is 12.5. The molecule has 0 saturated heterocycles. The molecule has 0 aliphatic rings. The van der Waals surface area contributed by atoms with Gasteiger partial charge in [0, 0.05) is 13.1 Å². The monoisotopic (exact) mass is 430 g/mol. The van der Waals surface area contributed by atoms with Gasteiger partial charge in [0.15, 0.2) is 5.03 Å². The van der Waals surface area contributed by atoms with Gasteiger partial charge in [0.2, 0.25) is 5.91 Å². The Labute approximate surface area is 178 Å². The highest BCUT2D eigenvalue weighted by molar-refractivity contribution is 5.85. The van der Waals surface area contributed by atoms with Crippen molar-refractivity contribution >= 4 is 18.0 Å². The Hall–Kier alpha value is -2.59. The van der Waals surface area contributed by atoms with Gasteiger partial charge in [0.05, 0.1) is 0 Å². The van der Waals surface area contributed by atoms with Gasteiger partial charge in [-0.15, -0.1) is 0 Å². The molecule has 30 heavy (non-hydrogen) atoms. The smallest absolute Gasteiger partial charge is 0.408 e. The Bertz CT molecular complexity index is 550. The molecule has 1 atom stereocenters. The number of hydrazine groups is 1. The number of nitro groups is 1. The van der Waals surface area contributed by atoms with Gasteiger partial charge in [-0.25, -0.2) is 14.9 Å². The van der Waals surface area contributed by atoms with Crippen LogP contribution in [0.15, 0.2) is 0 Å². The summed E-state index contributed by atoms with van der Waals surface area (Å²) in [5.74, 6) is -0.739. The molecule has 0 bridgehead atoms. The summed E-state index contributed by atoms with van der Waals surface area (Å²) in [7, 11) is 0. The molecule has 0 aromatic rings. The van der Waals surface area contributed by atoms with Gasteiger partial charge in [0.1, 0.15) is 11.6 Å². The van der Waals surface area contributed by atoms with E-state index in [0.29, 0.717) is 19.4 Å². The fourth-order valence-electron chi connectivity index (χ4n) is 2.61. The number of hydrogen-bond donors (Lipinski definition) is 5. The second kappa shape index (κ2) is 15.3. The van der Waals surface area contributed by atoms with Crippen LogP contribution in [0.1, 0.15) is 79.1 Å². The van der Waals surface area contributed by atoms with Crippen molar-refractivity contribution in [2.75, 3.05) is 13.1 Å². The molecule has 0 aliphatic heterocycles. The van der Waals surface area contributed by atoms with E-state index in [4.69, 9.17) is 10.1 Å². The highest BCUT2D eigenvalue weighted by Gasteiger charge is 2.24. The third-order valence-corrected chi connectivity index (χ3v) is 4.01. The van der Waals surface area contributed by atoms with Crippen molar-refractivity contribution in [3.8, 4) is 0 Å². The number of ether oxygens (including phenoxy) is 1. The van der Waals surface area contributed by atoms with E-state index in [1.54, 1.807) is 26.2 Å². The van der Waals surface area contributed by atoms with Crippen molar-refractivity contribution in [2.45, 2.75) is 90.7 Å². The molecule has 0 heterocycles. The molecule has 174 valence electrons. The highest BCUT2D eigenvalue weighted by Crippen LogP contribution is 2.08. The van der Waals surface area contributed by atoms with Crippen LogP contribution in [0.2, 0.25) is 0 Å². The number of alkyl carbamates (subject to hydrolysis) is 1. The SMILES string of the molecule is CCCCCCCCNC(=O)[C@H](CCCNC(=N)N[N+](=O)[O-])NC(=O)OC(C)(C)C. The number of carbonyl (C=O) groups excluding carboxylic acids is 2. The van der Waals surface area contributed by atoms with Crippen LogP contribution >= 0.6 is 0 Å². The first-order chi connectivity index (χ1) is 14.0. The lowest BCUT2D eigenvalue weighted by Crippen LogP contribution is -2.48. The van der Waals surface area contributed by atoms with E-state index in [1.807, 2.05) is 0 Å². The zero-order chi connectivity index (χ0) is 23.0. The van der Waals surface area contributed by atoms with Crippen LogP contribution in [0.25, 0.3) is 0 Å². The summed E-state index contributed by atoms with van der Waals surface area (Å²) in [5.41, 5.74) is 1.00. The molecule has 0 spiro atoms. The molecular weight excluding hydrogens is 392 g/mol. The van der Waals surface area contributed by atoms with Crippen LogP contribution in [-0.2, 0) is 9.53 Å². The Morgan fingerprint density at radius 2 is 1.63 bits per heavy atom. The summed E-state index contributed by atoms with van der Waals surface area (Å²) in [4.78, 5) is 34.8. The Morgan fingerprint density at radius 1 is 1.03 bits per heavy atom. The van der Waals surface area contributed by atoms with E-state index in [9.17, 15) is 19.7 Å². The summed E-state index contributed by atoms with van der Waals surface area (Å²) >= 11 is 0. The Morgan fingerprint density at radius 3 is 2.23 bits per heavy atom. The molecule has 0 unspecified atom stereocenters. The van der Waals surface area contributed by atoms with Gasteiger partial charge in [-0.05, 0) is 40.0 Å². The minimum Gasteiger partial charge on any atom is -0.444 e. The Balaban J connectivity index is 4.48.